The number of benzene rings is 1. The van der Waals surface area contributed by atoms with E-state index >= 15 is 0 Å². The van der Waals surface area contributed by atoms with Crippen LogP contribution in [-0.2, 0) is 6.42 Å². The molecule has 0 heterocycles. The summed E-state index contributed by atoms with van der Waals surface area (Å²) in [5.74, 6) is 0. The van der Waals surface area contributed by atoms with E-state index < -0.39 is 0 Å². The number of halogens is 1. The van der Waals surface area contributed by atoms with Gasteiger partial charge in [0.25, 0.3) is 0 Å². The van der Waals surface area contributed by atoms with Crippen LogP contribution in [0.3, 0.4) is 0 Å². The fourth-order valence-corrected chi connectivity index (χ4v) is 1.90. The average Bonchev–Trinajstić information content (AvgIpc) is 2.37. The molecule has 1 aromatic carbocycles. The molecule has 0 aliphatic carbocycles. The molecule has 0 aliphatic heterocycles. The smallest absolute Gasteiger partial charge is 0.314 e. The van der Waals surface area contributed by atoms with Crippen LogP contribution in [0.25, 0.3) is 0 Å². The summed E-state index contributed by atoms with van der Waals surface area (Å²) in [6, 6.07) is 8.05. The molecule has 5 heteroatoms. The molecule has 0 spiro atoms. The van der Waals surface area contributed by atoms with Crippen molar-refractivity contribution in [3.8, 4) is 0 Å². The van der Waals surface area contributed by atoms with E-state index in [0.29, 0.717) is 13.1 Å². The fraction of sp³-hybridized carbons (Fsp3) is 0.500. The Hall–Kier alpha value is -1.07. The zero-order valence-electron chi connectivity index (χ0n) is 11.6. The monoisotopic (exact) mass is 327 g/mol. The summed E-state index contributed by atoms with van der Waals surface area (Å²) >= 11 is 3.40. The SMILES string of the molecule is CN(C)CCCNC(=O)NCCc1ccc(Br)cc1. The Labute approximate surface area is 123 Å². The first-order valence-corrected chi connectivity index (χ1v) is 7.28. The summed E-state index contributed by atoms with van der Waals surface area (Å²) < 4.78 is 1.07. The Bertz CT molecular complexity index is 379. The Morgan fingerprint density at radius 3 is 2.42 bits per heavy atom. The van der Waals surface area contributed by atoms with Gasteiger partial charge in [-0.1, -0.05) is 28.1 Å². The van der Waals surface area contributed by atoms with E-state index in [9.17, 15) is 4.79 Å². The molecule has 1 rings (SSSR count). The lowest BCUT2D eigenvalue weighted by molar-refractivity contribution is 0.240. The number of hydrogen-bond donors (Lipinski definition) is 2. The van der Waals surface area contributed by atoms with Crippen LogP contribution >= 0.6 is 15.9 Å². The number of nitrogens with one attached hydrogen (secondary N) is 2. The summed E-state index contributed by atoms with van der Waals surface area (Å²) in [6.45, 7) is 2.35. The molecular weight excluding hydrogens is 306 g/mol. The van der Waals surface area contributed by atoms with Crippen molar-refractivity contribution in [1.29, 1.82) is 0 Å². The first-order valence-electron chi connectivity index (χ1n) is 6.49. The van der Waals surface area contributed by atoms with Crippen LogP contribution in [0.4, 0.5) is 4.79 Å². The highest BCUT2D eigenvalue weighted by Gasteiger charge is 1.99. The first kappa shape index (κ1) is 16.0. The van der Waals surface area contributed by atoms with Crippen LogP contribution in [0.2, 0.25) is 0 Å². The molecular formula is C14H22BrN3O. The number of rotatable bonds is 7. The Kier molecular flexibility index (Phi) is 7.52. The zero-order chi connectivity index (χ0) is 14.1. The van der Waals surface area contributed by atoms with E-state index in [4.69, 9.17) is 0 Å². The summed E-state index contributed by atoms with van der Waals surface area (Å²) in [5, 5.41) is 5.71. The largest absolute Gasteiger partial charge is 0.338 e. The number of carbonyl (C=O) groups is 1. The summed E-state index contributed by atoms with van der Waals surface area (Å²) in [7, 11) is 4.05. The van der Waals surface area contributed by atoms with Crippen molar-refractivity contribution in [2.24, 2.45) is 0 Å². The molecule has 2 N–H and O–H groups in total. The lowest BCUT2D eigenvalue weighted by Crippen LogP contribution is -2.37. The predicted octanol–water partition coefficient (Wildman–Crippen LogP) is 2.24. The molecule has 0 bridgehead atoms. The summed E-state index contributed by atoms with van der Waals surface area (Å²) in [5.41, 5.74) is 1.22. The van der Waals surface area contributed by atoms with Gasteiger partial charge in [0.05, 0.1) is 0 Å². The highest BCUT2D eigenvalue weighted by molar-refractivity contribution is 9.10. The minimum Gasteiger partial charge on any atom is -0.338 e. The lowest BCUT2D eigenvalue weighted by atomic mass is 10.1. The zero-order valence-corrected chi connectivity index (χ0v) is 13.2. The fourth-order valence-electron chi connectivity index (χ4n) is 1.63. The van der Waals surface area contributed by atoms with Crippen molar-refractivity contribution in [3.05, 3.63) is 34.3 Å². The molecule has 0 aliphatic rings. The number of hydrogen-bond acceptors (Lipinski definition) is 2. The Morgan fingerprint density at radius 1 is 1.16 bits per heavy atom. The van der Waals surface area contributed by atoms with Crippen molar-refractivity contribution < 1.29 is 4.79 Å². The average molecular weight is 328 g/mol. The van der Waals surface area contributed by atoms with Crippen molar-refractivity contribution in [1.82, 2.24) is 15.5 Å². The third kappa shape index (κ3) is 7.85. The molecule has 0 saturated heterocycles. The van der Waals surface area contributed by atoms with E-state index in [1.165, 1.54) is 5.56 Å². The Balaban J connectivity index is 2.08. The molecule has 1 aromatic rings. The predicted molar refractivity (Wildman–Crippen MR) is 82.4 cm³/mol. The minimum absolute atomic E-state index is 0.0872. The van der Waals surface area contributed by atoms with E-state index in [2.05, 4.69) is 43.6 Å². The second kappa shape index (κ2) is 8.93. The number of urea groups is 1. The van der Waals surface area contributed by atoms with Crippen LogP contribution in [0.5, 0.6) is 0 Å². The third-order valence-electron chi connectivity index (χ3n) is 2.68. The van der Waals surface area contributed by atoms with E-state index in [-0.39, 0.29) is 6.03 Å². The molecule has 4 nitrogen and oxygen atoms in total. The van der Waals surface area contributed by atoms with Gasteiger partial charge in [0.15, 0.2) is 0 Å². The normalized spacial score (nSPS) is 10.5. The summed E-state index contributed by atoms with van der Waals surface area (Å²) in [6.07, 6.45) is 1.81. The first-order chi connectivity index (χ1) is 9.08. The maximum absolute atomic E-state index is 11.5. The molecule has 0 saturated carbocycles. The van der Waals surface area contributed by atoms with Crippen molar-refractivity contribution in [2.45, 2.75) is 12.8 Å². The molecule has 0 atom stereocenters. The van der Waals surface area contributed by atoms with Crippen molar-refractivity contribution in [3.63, 3.8) is 0 Å². The number of carbonyl (C=O) groups excluding carboxylic acids is 1. The molecule has 0 unspecified atom stereocenters. The minimum atomic E-state index is -0.0872. The molecule has 0 fully saturated rings. The third-order valence-corrected chi connectivity index (χ3v) is 3.21. The molecule has 0 radical (unpaired) electrons. The van der Waals surface area contributed by atoms with Gasteiger partial charge in [-0.2, -0.15) is 0 Å². The summed E-state index contributed by atoms with van der Waals surface area (Å²) in [4.78, 5) is 13.6. The second-order valence-electron chi connectivity index (χ2n) is 4.72. The van der Waals surface area contributed by atoms with Crippen LogP contribution in [0, 0.1) is 0 Å². The molecule has 106 valence electrons. The van der Waals surface area contributed by atoms with Gasteiger partial charge in [0.1, 0.15) is 0 Å². The van der Waals surface area contributed by atoms with Gasteiger partial charge >= 0.3 is 6.03 Å². The van der Waals surface area contributed by atoms with Gasteiger partial charge in [-0.05, 0) is 51.2 Å². The van der Waals surface area contributed by atoms with Crippen molar-refractivity contribution in [2.75, 3.05) is 33.7 Å². The van der Waals surface area contributed by atoms with Gasteiger partial charge in [-0.3, -0.25) is 0 Å². The maximum atomic E-state index is 11.5. The number of nitrogens with zero attached hydrogens (tertiary/aromatic N) is 1. The van der Waals surface area contributed by atoms with Gasteiger partial charge in [-0.15, -0.1) is 0 Å². The quantitative estimate of drug-likeness (QED) is 0.754. The van der Waals surface area contributed by atoms with E-state index in [1.807, 2.05) is 26.2 Å². The standard InChI is InChI=1S/C14H22BrN3O/c1-18(2)11-3-9-16-14(19)17-10-8-12-4-6-13(15)7-5-12/h4-7H,3,8-11H2,1-2H3,(H2,16,17,19). The molecule has 0 aromatic heterocycles. The topological polar surface area (TPSA) is 44.4 Å². The van der Waals surface area contributed by atoms with E-state index in [0.717, 1.165) is 23.9 Å². The van der Waals surface area contributed by atoms with Gasteiger partial charge in [0, 0.05) is 17.6 Å². The lowest BCUT2D eigenvalue weighted by Gasteiger charge is -2.10. The van der Waals surface area contributed by atoms with Crippen molar-refractivity contribution >= 4 is 22.0 Å². The van der Waals surface area contributed by atoms with Crippen LogP contribution < -0.4 is 10.6 Å². The Morgan fingerprint density at radius 2 is 1.79 bits per heavy atom. The highest BCUT2D eigenvalue weighted by Crippen LogP contribution is 2.10. The second-order valence-corrected chi connectivity index (χ2v) is 5.63. The molecule has 19 heavy (non-hydrogen) atoms. The van der Waals surface area contributed by atoms with Crippen LogP contribution in [-0.4, -0.2) is 44.7 Å². The van der Waals surface area contributed by atoms with Gasteiger partial charge in [-0.25, -0.2) is 4.79 Å². The van der Waals surface area contributed by atoms with Gasteiger partial charge < -0.3 is 15.5 Å². The van der Waals surface area contributed by atoms with Crippen LogP contribution in [0.15, 0.2) is 28.7 Å². The van der Waals surface area contributed by atoms with Crippen LogP contribution in [0.1, 0.15) is 12.0 Å². The van der Waals surface area contributed by atoms with E-state index in [1.54, 1.807) is 0 Å². The number of amides is 2. The maximum Gasteiger partial charge on any atom is 0.314 e. The van der Waals surface area contributed by atoms with Gasteiger partial charge in [0.2, 0.25) is 0 Å². The molecule has 2 amide bonds. The highest BCUT2D eigenvalue weighted by atomic mass is 79.9.